The lowest BCUT2D eigenvalue weighted by molar-refractivity contribution is -0.128. The molecular formula is C21H26N6O2. The molecule has 1 aliphatic heterocycles. The van der Waals surface area contributed by atoms with Gasteiger partial charge in [-0.25, -0.2) is 4.68 Å². The van der Waals surface area contributed by atoms with Gasteiger partial charge >= 0.3 is 0 Å². The summed E-state index contributed by atoms with van der Waals surface area (Å²) in [5.41, 5.74) is 2.23. The van der Waals surface area contributed by atoms with Crippen LogP contribution in [-0.4, -0.2) is 37.1 Å². The van der Waals surface area contributed by atoms with Gasteiger partial charge in [-0.15, -0.1) is 0 Å². The third-order valence-electron chi connectivity index (χ3n) is 5.07. The molecule has 8 heteroatoms. The highest BCUT2D eigenvalue weighted by atomic mass is 16.2. The number of aromatic amines is 1. The first-order valence-corrected chi connectivity index (χ1v) is 9.89. The van der Waals surface area contributed by atoms with E-state index in [-0.39, 0.29) is 17.0 Å². The third-order valence-corrected chi connectivity index (χ3v) is 5.07. The number of benzene rings is 1. The maximum Gasteiger partial charge on any atom is 0.263 e. The molecule has 29 heavy (non-hydrogen) atoms. The minimum absolute atomic E-state index is 0.214. The normalized spacial score (nSPS) is 14.7. The monoisotopic (exact) mass is 394 g/mol. The zero-order valence-corrected chi connectivity index (χ0v) is 17.0. The summed E-state index contributed by atoms with van der Waals surface area (Å²) in [6, 6.07) is 8.11. The number of rotatable bonds is 5. The number of hydrogen-bond acceptors (Lipinski definition) is 5. The second-order valence-electron chi connectivity index (χ2n) is 8.47. The number of nitrogens with zero attached hydrogens (tertiary/aromatic N) is 4. The van der Waals surface area contributed by atoms with E-state index in [1.54, 1.807) is 10.9 Å². The second-order valence-corrected chi connectivity index (χ2v) is 8.47. The number of aromatic nitrogens is 4. The molecule has 0 saturated carbocycles. The van der Waals surface area contributed by atoms with Gasteiger partial charge in [-0.2, -0.15) is 10.1 Å². The van der Waals surface area contributed by atoms with Crippen LogP contribution in [0.4, 0.5) is 5.95 Å². The van der Waals surface area contributed by atoms with Gasteiger partial charge in [0.1, 0.15) is 5.39 Å². The maximum absolute atomic E-state index is 12.4. The number of nitrogens with one attached hydrogen (secondary N) is 2. The minimum atomic E-state index is -0.277. The fraction of sp³-hybridized carbons (Fsp3) is 0.429. The molecule has 1 saturated heterocycles. The molecule has 1 aromatic carbocycles. The Labute approximate surface area is 168 Å². The van der Waals surface area contributed by atoms with E-state index >= 15 is 0 Å². The number of carbonyl (C=O) groups excluding carboxylic acids is 1. The zero-order valence-electron chi connectivity index (χ0n) is 17.0. The first kappa shape index (κ1) is 19.2. The molecule has 0 aliphatic carbocycles. The summed E-state index contributed by atoms with van der Waals surface area (Å²) < 4.78 is 1.76. The van der Waals surface area contributed by atoms with Crippen molar-refractivity contribution in [2.24, 2.45) is 0 Å². The molecule has 8 nitrogen and oxygen atoms in total. The topological polar surface area (TPSA) is 95.9 Å². The van der Waals surface area contributed by atoms with Crippen LogP contribution >= 0.6 is 0 Å². The third kappa shape index (κ3) is 4.01. The molecule has 0 atom stereocenters. The molecule has 3 heterocycles. The van der Waals surface area contributed by atoms with Crippen LogP contribution in [0.15, 0.2) is 35.3 Å². The Balaban J connectivity index is 1.52. The van der Waals surface area contributed by atoms with E-state index in [1.165, 1.54) is 0 Å². The predicted octanol–water partition coefficient (Wildman–Crippen LogP) is 2.61. The van der Waals surface area contributed by atoms with Crippen LogP contribution in [0, 0.1) is 0 Å². The summed E-state index contributed by atoms with van der Waals surface area (Å²) in [5.74, 6) is 0.632. The lowest BCUT2D eigenvalue weighted by Crippen LogP contribution is -2.24. The molecule has 1 fully saturated rings. The summed E-state index contributed by atoms with van der Waals surface area (Å²) in [4.78, 5) is 33.5. The van der Waals surface area contributed by atoms with E-state index in [4.69, 9.17) is 0 Å². The summed E-state index contributed by atoms with van der Waals surface area (Å²) in [6.45, 7) is 8.04. The van der Waals surface area contributed by atoms with Crippen LogP contribution in [0.25, 0.3) is 11.0 Å². The fourth-order valence-corrected chi connectivity index (χ4v) is 3.61. The summed E-state index contributed by atoms with van der Waals surface area (Å²) in [6.07, 6.45) is 3.14. The van der Waals surface area contributed by atoms with Gasteiger partial charge in [-0.1, -0.05) is 24.3 Å². The van der Waals surface area contributed by atoms with Gasteiger partial charge < -0.3 is 10.2 Å². The molecule has 2 aromatic heterocycles. The van der Waals surface area contributed by atoms with Crippen molar-refractivity contribution in [3.63, 3.8) is 0 Å². The molecular weight excluding hydrogens is 368 g/mol. The predicted molar refractivity (Wildman–Crippen MR) is 112 cm³/mol. The summed E-state index contributed by atoms with van der Waals surface area (Å²) in [7, 11) is 0. The van der Waals surface area contributed by atoms with E-state index in [1.807, 2.05) is 43.9 Å². The smallest absolute Gasteiger partial charge is 0.263 e. The lowest BCUT2D eigenvalue weighted by atomic mass is 10.1. The fourth-order valence-electron chi connectivity index (χ4n) is 3.61. The summed E-state index contributed by atoms with van der Waals surface area (Å²) in [5, 5.41) is 8.01. The van der Waals surface area contributed by atoms with Crippen molar-refractivity contribution >= 4 is 22.9 Å². The Morgan fingerprint density at radius 2 is 2.00 bits per heavy atom. The van der Waals surface area contributed by atoms with Crippen LogP contribution in [0.5, 0.6) is 0 Å². The van der Waals surface area contributed by atoms with Gasteiger partial charge in [-0.3, -0.25) is 14.6 Å². The highest BCUT2D eigenvalue weighted by Crippen LogP contribution is 2.19. The standard InChI is InChI=1S/C21H26N6O2/c1-21(2,3)27-18-16(12-23-27)19(29)25-20(24-18)22-11-14-6-4-7-15(10-14)13-26-9-5-8-17(26)28/h4,6-7,10,12H,5,8-9,11,13H2,1-3H3,(H2,22,24,25,29). The van der Waals surface area contributed by atoms with Crippen molar-refractivity contribution in [2.75, 3.05) is 11.9 Å². The van der Waals surface area contributed by atoms with Crippen molar-refractivity contribution in [1.82, 2.24) is 24.6 Å². The molecule has 0 unspecified atom stereocenters. The van der Waals surface area contributed by atoms with E-state index in [0.717, 1.165) is 24.1 Å². The first-order valence-electron chi connectivity index (χ1n) is 9.89. The molecule has 2 N–H and O–H groups in total. The van der Waals surface area contributed by atoms with Crippen LogP contribution in [-0.2, 0) is 23.4 Å². The van der Waals surface area contributed by atoms with Gasteiger partial charge in [0.2, 0.25) is 11.9 Å². The van der Waals surface area contributed by atoms with E-state index in [0.29, 0.717) is 36.5 Å². The quantitative estimate of drug-likeness (QED) is 0.693. The van der Waals surface area contributed by atoms with Gasteiger partial charge in [0.05, 0.1) is 11.7 Å². The van der Waals surface area contributed by atoms with Crippen molar-refractivity contribution in [2.45, 2.75) is 52.2 Å². The summed E-state index contributed by atoms with van der Waals surface area (Å²) >= 11 is 0. The van der Waals surface area contributed by atoms with Crippen LogP contribution in [0.3, 0.4) is 0 Å². The van der Waals surface area contributed by atoms with Crippen molar-refractivity contribution in [3.8, 4) is 0 Å². The van der Waals surface area contributed by atoms with Crippen LogP contribution in [0.1, 0.15) is 44.7 Å². The number of carbonyl (C=O) groups is 1. The van der Waals surface area contributed by atoms with E-state index < -0.39 is 0 Å². The highest BCUT2D eigenvalue weighted by Gasteiger charge is 2.21. The Morgan fingerprint density at radius 3 is 2.72 bits per heavy atom. The Kier molecular flexibility index (Phi) is 4.86. The average Bonchev–Trinajstić information content (AvgIpc) is 3.27. The largest absolute Gasteiger partial charge is 0.352 e. The number of fused-ring (bicyclic) bond motifs is 1. The molecule has 0 spiro atoms. The molecule has 4 rings (SSSR count). The average molecular weight is 394 g/mol. The molecule has 3 aromatic rings. The molecule has 0 bridgehead atoms. The number of anilines is 1. The Bertz CT molecular complexity index is 1110. The van der Waals surface area contributed by atoms with Gasteiger partial charge in [-0.05, 0) is 38.3 Å². The zero-order chi connectivity index (χ0) is 20.6. The SMILES string of the molecule is CC(C)(C)n1ncc2c(=O)[nH]c(NCc3cccc(CN4CCCC4=O)c3)nc21. The molecule has 152 valence electrons. The lowest BCUT2D eigenvalue weighted by Gasteiger charge is -2.19. The minimum Gasteiger partial charge on any atom is -0.352 e. The van der Waals surface area contributed by atoms with Crippen molar-refractivity contribution in [3.05, 3.63) is 51.9 Å². The molecule has 1 amide bonds. The number of hydrogen-bond donors (Lipinski definition) is 2. The van der Waals surface area contributed by atoms with E-state index in [2.05, 4.69) is 26.4 Å². The second kappa shape index (κ2) is 7.35. The Hall–Kier alpha value is -3.16. The van der Waals surface area contributed by atoms with Crippen molar-refractivity contribution in [1.29, 1.82) is 0 Å². The number of amides is 1. The van der Waals surface area contributed by atoms with Crippen molar-refractivity contribution < 1.29 is 4.79 Å². The Morgan fingerprint density at radius 1 is 1.21 bits per heavy atom. The number of likely N-dealkylation sites (tertiary alicyclic amines) is 1. The van der Waals surface area contributed by atoms with Crippen LogP contribution in [0.2, 0.25) is 0 Å². The van der Waals surface area contributed by atoms with Gasteiger partial charge in [0, 0.05) is 26.1 Å². The first-order chi connectivity index (χ1) is 13.8. The molecule has 0 radical (unpaired) electrons. The van der Waals surface area contributed by atoms with Gasteiger partial charge in [0.15, 0.2) is 5.65 Å². The molecule has 1 aliphatic rings. The van der Waals surface area contributed by atoms with Crippen LogP contribution < -0.4 is 10.9 Å². The number of H-pyrrole nitrogens is 1. The highest BCUT2D eigenvalue weighted by molar-refractivity contribution is 5.78. The van der Waals surface area contributed by atoms with E-state index in [9.17, 15) is 9.59 Å². The maximum atomic E-state index is 12.4. The van der Waals surface area contributed by atoms with Gasteiger partial charge in [0.25, 0.3) is 5.56 Å².